The van der Waals surface area contributed by atoms with Crippen LogP contribution in [0.5, 0.6) is 5.75 Å². The highest BCUT2D eigenvalue weighted by Gasteiger charge is 2.28. The van der Waals surface area contributed by atoms with Gasteiger partial charge in [0, 0.05) is 31.7 Å². The Balaban J connectivity index is 1.51. The molecule has 6 nitrogen and oxygen atoms in total. The van der Waals surface area contributed by atoms with Crippen molar-refractivity contribution in [2.75, 3.05) is 20.2 Å². The first-order chi connectivity index (χ1) is 13.1. The fourth-order valence-electron chi connectivity index (χ4n) is 3.92. The number of carbonyl (C=O) groups excluding carboxylic acids is 1. The minimum absolute atomic E-state index is 0.0146. The second-order valence-electron chi connectivity index (χ2n) is 7.11. The van der Waals surface area contributed by atoms with Crippen molar-refractivity contribution in [2.45, 2.75) is 25.7 Å². The summed E-state index contributed by atoms with van der Waals surface area (Å²) >= 11 is 0. The van der Waals surface area contributed by atoms with Crippen LogP contribution in [-0.2, 0) is 7.05 Å². The molecular weight excluding hydrogens is 340 g/mol. The summed E-state index contributed by atoms with van der Waals surface area (Å²) < 4.78 is 7.52. The number of para-hydroxylation sites is 2. The fourth-order valence-corrected chi connectivity index (χ4v) is 3.92. The Morgan fingerprint density at radius 1 is 1.22 bits per heavy atom. The van der Waals surface area contributed by atoms with E-state index in [1.807, 2.05) is 24.0 Å². The van der Waals surface area contributed by atoms with Gasteiger partial charge in [0.15, 0.2) is 0 Å². The number of likely N-dealkylation sites (tertiary alicyclic amines) is 1. The summed E-state index contributed by atoms with van der Waals surface area (Å²) in [6.07, 6.45) is 3.44. The Hall–Kier alpha value is -2.89. The van der Waals surface area contributed by atoms with Crippen molar-refractivity contribution in [3.63, 3.8) is 0 Å². The third kappa shape index (κ3) is 3.16. The van der Waals surface area contributed by atoms with Gasteiger partial charge in [0.2, 0.25) is 0 Å². The molecule has 0 N–H and O–H groups in total. The SMILES string of the molecule is COc1cnc(C)cc1C(=O)N1CCC(c2nc3ccccc3n2C)CC1. The van der Waals surface area contributed by atoms with E-state index < -0.39 is 0 Å². The van der Waals surface area contributed by atoms with E-state index in [-0.39, 0.29) is 5.91 Å². The Bertz CT molecular complexity index is 987. The maximum Gasteiger partial charge on any atom is 0.257 e. The van der Waals surface area contributed by atoms with Crippen LogP contribution in [-0.4, -0.2) is 45.5 Å². The normalized spacial score (nSPS) is 15.3. The summed E-state index contributed by atoms with van der Waals surface area (Å²) in [4.78, 5) is 23.9. The lowest BCUT2D eigenvalue weighted by atomic mass is 9.95. The highest BCUT2D eigenvalue weighted by atomic mass is 16.5. The topological polar surface area (TPSA) is 60.2 Å². The van der Waals surface area contributed by atoms with E-state index in [4.69, 9.17) is 9.72 Å². The number of pyridine rings is 1. The minimum Gasteiger partial charge on any atom is -0.494 e. The zero-order chi connectivity index (χ0) is 19.0. The Labute approximate surface area is 158 Å². The zero-order valence-electron chi connectivity index (χ0n) is 16.0. The van der Waals surface area contributed by atoms with Gasteiger partial charge in [0.25, 0.3) is 5.91 Å². The zero-order valence-corrected chi connectivity index (χ0v) is 16.0. The first-order valence-corrected chi connectivity index (χ1v) is 9.29. The molecule has 4 rings (SSSR count). The van der Waals surface area contributed by atoms with E-state index in [0.29, 0.717) is 17.2 Å². The lowest BCUT2D eigenvalue weighted by Gasteiger charge is -2.32. The number of methoxy groups -OCH3 is 1. The molecule has 1 saturated heterocycles. The van der Waals surface area contributed by atoms with Crippen molar-refractivity contribution in [3.05, 3.63) is 53.6 Å². The number of carbonyl (C=O) groups is 1. The van der Waals surface area contributed by atoms with Crippen LogP contribution >= 0.6 is 0 Å². The number of rotatable bonds is 3. The van der Waals surface area contributed by atoms with Crippen molar-refractivity contribution in [1.29, 1.82) is 0 Å². The second-order valence-corrected chi connectivity index (χ2v) is 7.11. The molecule has 0 bridgehead atoms. The minimum atomic E-state index is 0.0146. The van der Waals surface area contributed by atoms with E-state index in [0.717, 1.165) is 48.5 Å². The number of aromatic nitrogens is 3. The summed E-state index contributed by atoms with van der Waals surface area (Å²) in [7, 11) is 3.65. The molecule has 0 atom stereocenters. The smallest absolute Gasteiger partial charge is 0.257 e. The number of piperidine rings is 1. The predicted octanol–water partition coefficient (Wildman–Crippen LogP) is 3.31. The largest absolute Gasteiger partial charge is 0.494 e. The monoisotopic (exact) mass is 364 g/mol. The van der Waals surface area contributed by atoms with Gasteiger partial charge in [-0.1, -0.05) is 12.1 Å². The molecular formula is C21H24N4O2. The third-order valence-electron chi connectivity index (χ3n) is 5.42. The van der Waals surface area contributed by atoms with E-state index >= 15 is 0 Å². The van der Waals surface area contributed by atoms with Crippen molar-refractivity contribution in [3.8, 4) is 5.75 Å². The molecule has 0 radical (unpaired) electrons. The molecule has 0 aliphatic carbocycles. The average Bonchev–Trinajstić information content (AvgIpc) is 3.04. The first kappa shape index (κ1) is 17.5. The number of ether oxygens (including phenoxy) is 1. The van der Waals surface area contributed by atoms with Crippen LogP contribution in [0.4, 0.5) is 0 Å². The fraction of sp³-hybridized carbons (Fsp3) is 0.381. The Morgan fingerprint density at radius 2 is 1.96 bits per heavy atom. The summed E-state index contributed by atoms with van der Waals surface area (Å²) in [5, 5.41) is 0. The van der Waals surface area contributed by atoms with Crippen molar-refractivity contribution in [2.24, 2.45) is 7.05 Å². The van der Waals surface area contributed by atoms with Crippen LogP contribution in [0, 0.1) is 6.92 Å². The maximum atomic E-state index is 13.0. The summed E-state index contributed by atoms with van der Waals surface area (Å²) in [6, 6.07) is 10.0. The van der Waals surface area contributed by atoms with Crippen LogP contribution in [0.1, 0.15) is 40.6 Å². The van der Waals surface area contributed by atoms with Gasteiger partial charge in [-0.2, -0.15) is 0 Å². The van der Waals surface area contributed by atoms with E-state index in [1.54, 1.807) is 19.4 Å². The van der Waals surface area contributed by atoms with Crippen LogP contribution in [0.25, 0.3) is 11.0 Å². The number of amides is 1. The highest BCUT2D eigenvalue weighted by molar-refractivity contribution is 5.97. The summed E-state index contributed by atoms with van der Waals surface area (Å²) in [6.45, 7) is 3.32. The number of hydrogen-bond donors (Lipinski definition) is 0. The lowest BCUT2D eigenvalue weighted by molar-refractivity contribution is 0.0707. The number of fused-ring (bicyclic) bond motifs is 1. The van der Waals surface area contributed by atoms with Crippen molar-refractivity contribution >= 4 is 16.9 Å². The van der Waals surface area contributed by atoms with E-state index in [1.165, 1.54) is 0 Å². The van der Waals surface area contributed by atoms with Gasteiger partial charge in [0.1, 0.15) is 11.6 Å². The van der Waals surface area contributed by atoms with Gasteiger partial charge < -0.3 is 14.2 Å². The van der Waals surface area contributed by atoms with Crippen LogP contribution < -0.4 is 4.74 Å². The molecule has 2 aromatic heterocycles. The Kier molecular flexibility index (Phi) is 4.56. The van der Waals surface area contributed by atoms with Crippen molar-refractivity contribution in [1.82, 2.24) is 19.4 Å². The van der Waals surface area contributed by atoms with E-state index in [9.17, 15) is 4.79 Å². The first-order valence-electron chi connectivity index (χ1n) is 9.29. The molecule has 0 spiro atoms. The quantitative estimate of drug-likeness (QED) is 0.715. The molecule has 27 heavy (non-hydrogen) atoms. The van der Waals surface area contributed by atoms with Crippen LogP contribution in [0.15, 0.2) is 36.5 Å². The van der Waals surface area contributed by atoms with Gasteiger partial charge in [-0.3, -0.25) is 9.78 Å². The molecule has 3 heterocycles. The number of nitrogens with zero attached hydrogens (tertiary/aromatic N) is 4. The molecule has 1 fully saturated rings. The van der Waals surface area contributed by atoms with Gasteiger partial charge in [0.05, 0.1) is 29.9 Å². The number of imidazole rings is 1. The van der Waals surface area contributed by atoms with Gasteiger partial charge >= 0.3 is 0 Å². The van der Waals surface area contributed by atoms with Crippen LogP contribution in [0.3, 0.4) is 0 Å². The standard InChI is InChI=1S/C21H24N4O2/c1-14-12-16(19(27-3)13-22-14)21(26)25-10-8-15(9-11-25)20-23-17-6-4-5-7-18(17)24(20)2/h4-7,12-13,15H,8-11H2,1-3H3. The third-order valence-corrected chi connectivity index (χ3v) is 5.42. The second kappa shape index (κ2) is 7.02. The number of benzene rings is 1. The molecule has 1 aromatic carbocycles. The summed E-state index contributed by atoms with van der Waals surface area (Å²) in [5.41, 5.74) is 3.59. The highest BCUT2D eigenvalue weighted by Crippen LogP contribution is 2.31. The number of hydrogen-bond acceptors (Lipinski definition) is 4. The molecule has 1 aliphatic heterocycles. The molecule has 0 saturated carbocycles. The predicted molar refractivity (Wildman–Crippen MR) is 104 cm³/mol. The lowest BCUT2D eigenvalue weighted by Crippen LogP contribution is -2.38. The molecule has 3 aromatic rings. The molecule has 140 valence electrons. The van der Waals surface area contributed by atoms with Gasteiger partial charge in [-0.05, 0) is 38.0 Å². The molecule has 1 aliphatic rings. The van der Waals surface area contributed by atoms with Crippen molar-refractivity contribution < 1.29 is 9.53 Å². The van der Waals surface area contributed by atoms with Crippen LogP contribution in [0.2, 0.25) is 0 Å². The van der Waals surface area contributed by atoms with Gasteiger partial charge in [-0.15, -0.1) is 0 Å². The van der Waals surface area contributed by atoms with Gasteiger partial charge in [-0.25, -0.2) is 4.98 Å². The molecule has 0 unspecified atom stereocenters. The average molecular weight is 364 g/mol. The summed E-state index contributed by atoms with van der Waals surface area (Å²) in [5.74, 6) is 2.03. The van der Waals surface area contributed by atoms with E-state index in [2.05, 4.69) is 28.7 Å². The molecule has 6 heteroatoms. The Morgan fingerprint density at radius 3 is 2.67 bits per heavy atom. The maximum absolute atomic E-state index is 13.0. The number of aryl methyl sites for hydroxylation is 2. The molecule has 1 amide bonds.